The summed E-state index contributed by atoms with van der Waals surface area (Å²) >= 11 is 0. The number of benzene rings is 2. The molecule has 2 heterocycles. The zero-order valence-electron chi connectivity index (χ0n) is 18.6. The van der Waals surface area contributed by atoms with Crippen molar-refractivity contribution in [3.8, 4) is 11.5 Å². The quantitative estimate of drug-likeness (QED) is 0.553. The smallest absolute Gasteiger partial charge is 0.277 e. The first-order chi connectivity index (χ1) is 16.4. The number of carbonyl (C=O) groups excluding carboxylic acids is 2. The molecule has 4 rings (SSSR count). The molecule has 0 aliphatic carbocycles. The summed E-state index contributed by atoms with van der Waals surface area (Å²) in [6, 6.07) is 13.1. The van der Waals surface area contributed by atoms with E-state index in [2.05, 4.69) is 10.7 Å². The Morgan fingerprint density at radius 3 is 2.68 bits per heavy atom. The van der Waals surface area contributed by atoms with Crippen LogP contribution in [-0.4, -0.2) is 42.2 Å². The first-order valence-electron chi connectivity index (χ1n) is 10.5. The molecule has 34 heavy (non-hydrogen) atoms. The second kappa shape index (κ2) is 9.65. The number of aromatic nitrogens is 1. The van der Waals surface area contributed by atoms with Crippen LogP contribution < -0.4 is 25.6 Å². The summed E-state index contributed by atoms with van der Waals surface area (Å²) in [5, 5.41) is 2.64. The number of fused-ring (bicyclic) bond motifs is 1. The number of carbonyl (C=O) groups is 2. The van der Waals surface area contributed by atoms with E-state index in [0.29, 0.717) is 5.56 Å². The van der Waals surface area contributed by atoms with Crippen molar-refractivity contribution in [1.82, 2.24) is 14.9 Å². The molecule has 0 unspecified atom stereocenters. The van der Waals surface area contributed by atoms with Gasteiger partial charge in [-0.15, -0.1) is 0 Å². The van der Waals surface area contributed by atoms with Crippen molar-refractivity contribution in [1.29, 1.82) is 0 Å². The molecule has 1 aliphatic rings. The van der Waals surface area contributed by atoms with Crippen LogP contribution in [0.25, 0.3) is 0 Å². The number of hydrogen-bond donors (Lipinski definition) is 2. The Hall–Kier alpha value is -4.34. The Morgan fingerprint density at radius 1 is 1.18 bits per heavy atom. The summed E-state index contributed by atoms with van der Waals surface area (Å²) in [5.41, 5.74) is 3.38. The molecule has 0 saturated carbocycles. The van der Waals surface area contributed by atoms with Gasteiger partial charge in [0.2, 0.25) is 5.43 Å². The molecule has 1 aromatic heterocycles. The standard InChI is InChI=1S/C24H23FN4O5/c1-28-14-27-29-12-18(23(31)26-11-16-8-9-17(25)10-19(16)33-2)21(30)22(20(29)24(28)32)34-13-15-6-4-3-5-7-15/h3-10,12,27H,11,13-14H2,1-2H3,(H,26,31). The molecule has 9 nitrogen and oxygen atoms in total. The molecule has 176 valence electrons. The van der Waals surface area contributed by atoms with Crippen molar-refractivity contribution in [2.24, 2.45) is 0 Å². The highest BCUT2D eigenvalue weighted by atomic mass is 19.1. The summed E-state index contributed by atoms with van der Waals surface area (Å²) in [5.74, 6) is -1.52. The van der Waals surface area contributed by atoms with Gasteiger partial charge in [0, 0.05) is 31.4 Å². The zero-order chi connectivity index (χ0) is 24.2. The molecule has 2 N–H and O–H groups in total. The van der Waals surface area contributed by atoms with E-state index >= 15 is 0 Å². The van der Waals surface area contributed by atoms with Crippen LogP contribution >= 0.6 is 0 Å². The summed E-state index contributed by atoms with van der Waals surface area (Å²) < 4.78 is 25.7. The van der Waals surface area contributed by atoms with Crippen molar-refractivity contribution in [2.45, 2.75) is 13.2 Å². The molecule has 0 bridgehead atoms. The highest BCUT2D eigenvalue weighted by molar-refractivity contribution is 5.99. The Morgan fingerprint density at radius 2 is 1.94 bits per heavy atom. The number of nitrogens with zero attached hydrogens (tertiary/aromatic N) is 2. The van der Waals surface area contributed by atoms with E-state index in [1.165, 1.54) is 41.1 Å². The van der Waals surface area contributed by atoms with E-state index in [1.54, 1.807) is 7.05 Å². The number of hydrogen-bond acceptors (Lipinski definition) is 6. The van der Waals surface area contributed by atoms with Crippen molar-refractivity contribution < 1.29 is 23.5 Å². The lowest BCUT2D eigenvalue weighted by molar-refractivity contribution is 0.0758. The molecule has 0 fully saturated rings. The van der Waals surface area contributed by atoms with Crippen LogP contribution in [-0.2, 0) is 13.2 Å². The Labute approximate surface area is 194 Å². The third-order valence-corrected chi connectivity index (χ3v) is 5.35. The highest BCUT2D eigenvalue weighted by Gasteiger charge is 2.30. The van der Waals surface area contributed by atoms with E-state index < -0.39 is 23.1 Å². The lowest BCUT2D eigenvalue weighted by atomic mass is 10.1. The third-order valence-electron chi connectivity index (χ3n) is 5.35. The van der Waals surface area contributed by atoms with Gasteiger partial charge < -0.3 is 25.1 Å². The van der Waals surface area contributed by atoms with Crippen LogP contribution in [0.1, 0.15) is 32.0 Å². The predicted octanol–water partition coefficient (Wildman–Crippen LogP) is 2.09. The predicted molar refractivity (Wildman–Crippen MR) is 122 cm³/mol. The molecule has 0 radical (unpaired) electrons. The highest BCUT2D eigenvalue weighted by Crippen LogP contribution is 2.22. The Kier molecular flexibility index (Phi) is 6.48. The normalized spacial score (nSPS) is 12.6. The van der Waals surface area contributed by atoms with Crippen LogP contribution in [0.5, 0.6) is 11.5 Å². The second-order valence-corrected chi connectivity index (χ2v) is 7.65. The molecule has 0 atom stereocenters. The number of nitrogens with one attached hydrogen (secondary N) is 2. The van der Waals surface area contributed by atoms with Gasteiger partial charge in [0.1, 0.15) is 30.4 Å². The van der Waals surface area contributed by atoms with E-state index in [1.807, 2.05) is 30.3 Å². The van der Waals surface area contributed by atoms with E-state index in [9.17, 15) is 18.8 Å². The second-order valence-electron chi connectivity index (χ2n) is 7.65. The van der Waals surface area contributed by atoms with Crippen LogP contribution in [0.3, 0.4) is 0 Å². The van der Waals surface area contributed by atoms with Gasteiger partial charge in [0.15, 0.2) is 11.4 Å². The summed E-state index contributed by atoms with van der Waals surface area (Å²) in [7, 11) is 2.98. The number of ether oxygens (including phenoxy) is 2. The minimum Gasteiger partial charge on any atom is -0.496 e. The van der Waals surface area contributed by atoms with Crippen molar-refractivity contribution in [2.75, 3.05) is 26.3 Å². The van der Waals surface area contributed by atoms with Crippen molar-refractivity contribution in [3.63, 3.8) is 0 Å². The number of rotatable bonds is 7. The zero-order valence-corrected chi connectivity index (χ0v) is 18.6. The minimum absolute atomic E-state index is 0.00121. The Bertz CT molecular complexity index is 1290. The molecule has 0 spiro atoms. The molecule has 0 saturated heterocycles. The van der Waals surface area contributed by atoms with Gasteiger partial charge in [-0.25, -0.2) is 4.39 Å². The number of halogens is 1. The fraction of sp³-hybridized carbons (Fsp3) is 0.208. The maximum absolute atomic E-state index is 13.4. The number of pyridine rings is 1. The fourth-order valence-corrected chi connectivity index (χ4v) is 3.51. The van der Waals surface area contributed by atoms with Gasteiger partial charge in [-0.2, -0.15) is 0 Å². The topological polar surface area (TPSA) is 102 Å². The number of amides is 2. The molecular weight excluding hydrogens is 443 g/mol. The average molecular weight is 466 g/mol. The first-order valence-corrected chi connectivity index (χ1v) is 10.5. The van der Waals surface area contributed by atoms with Crippen LogP contribution in [0.15, 0.2) is 59.5 Å². The van der Waals surface area contributed by atoms with E-state index in [4.69, 9.17) is 9.47 Å². The van der Waals surface area contributed by atoms with Crippen LogP contribution in [0.4, 0.5) is 4.39 Å². The van der Waals surface area contributed by atoms with E-state index in [0.717, 1.165) is 5.56 Å². The summed E-state index contributed by atoms with van der Waals surface area (Å²) in [6.45, 7) is 0.220. The van der Waals surface area contributed by atoms with Gasteiger partial charge >= 0.3 is 0 Å². The monoisotopic (exact) mass is 466 g/mol. The van der Waals surface area contributed by atoms with Gasteiger partial charge in [-0.1, -0.05) is 36.4 Å². The van der Waals surface area contributed by atoms with Gasteiger partial charge in [0.25, 0.3) is 11.8 Å². The maximum atomic E-state index is 13.4. The van der Waals surface area contributed by atoms with Gasteiger partial charge in [0.05, 0.1) is 7.11 Å². The molecule has 2 aromatic carbocycles. The van der Waals surface area contributed by atoms with Crippen molar-refractivity contribution in [3.05, 3.63) is 93.2 Å². The summed E-state index contributed by atoms with van der Waals surface area (Å²) in [6.07, 6.45) is 1.27. The molecule has 10 heteroatoms. The Balaban J connectivity index is 1.65. The lowest BCUT2D eigenvalue weighted by Gasteiger charge is -2.29. The molecular formula is C24H23FN4O5. The lowest BCUT2D eigenvalue weighted by Crippen LogP contribution is -2.45. The molecule has 1 aliphatic heterocycles. The summed E-state index contributed by atoms with van der Waals surface area (Å²) in [4.78, 5) is 40.4. The van der Waals surface area contributed by atoms with Gasteiger partial charge in [-0.3, -0.25) is 19.1 Å². The van der Waals surface area contributed by atoms with Crippen LogP contribution in [0, 0.1) is 5.82 Å². The first kappa shape index (κ1) is 22.8. The van der Waals surface area contributed by atoms with Crippen LogP contribution in [0.2, 0.25) is 0 Å². The maximum Gasteiger partial charge on any atom is 0.277 e. The third kappa shape index (κ3) is 4.56. The van der Waals surface area contributed by atoms with E-state index in [-0.39, 0.29) is 42.6 Å². The van der Waals surface area contributed by atoms with Gasteiger partial charge in [-0.05, 0) is 11.6 Å². The fourth-order valence-electron chi connectivity index (χ4n) is 3.51. The average Bonchev–Trinajstić information content (AvgIpc) is 2.85. The largest absolute Gasteiger partial charge is 0.496 e. The number of methoxy groups -OCH3 is 1. The SMILES string of the molecule is COc1cc(F)ccc1CNC(=O)c1cn2c(c(OCc3ccccc3)c1=O)C(=O)N(C)CN2. The minimum atomic E-state index is -0.712. The van der Waals surface area contributed by atoms with Crippen molar-refractivity contribution >= 4 is 11.8 Å². The molecule has 3 aromatic rings. The molecule has 2 amide bonds.